The molecular weight excluding hydrogens is 224 g/mol. The van der Waals surface area contributed by atoms with Crippen molar-refractivity contribution in [2.45, 2.75) is 32.7 Å². The normalized spacial score (nSPS) is 15.8. The van der Waals surface area contributed by atoms with E-state index in [2.05, 4.69) is 36.6 Å². The smallest absolute Gasteiger partial charge is 0.224 e. The molecule has 0 fully saturated rings. The summed E-state index contributed by atoms with van der Waals surface area (Å²) in [5.41, 5.74) is 1.26. The molecule has 2 N–H and O–H groups in total. The largest absolute Gasteiger partial charge is 0.353 e. The Morgan fingerprint density at radius 1 is 1.17 bits per heavy atom. The molecule has 1 amide bonds. The van der Waals surface area contributed by atoms with Crippen LogP contribution in [0, 0.1) is 5.92 Å². The molecule has 3 atom stereocenters. The Labute approximate surface area is 110 Å². The van der Waals surface area contributed by atoms with Gasteiger partial charge in [-0.3, -0.25) is 4.79 Å². The van der Waals surface area contributed by atoms with Crippen LogP contribution in [0.25, 0.3) is 0 Å². The third-order valence-electron chi connectivity index (χ3n) is 3.40. The van der Waals surface area contributed by atoms with E-state index in [1.807, 2.05) is 32.2 Å². The highest BCUT2D eigenvalue weighted by molar-refractivity contribution is 5.78. The molecule has 3 unspecified atom stereocenters. The summed E-state index contributed by atoms with van der Waals surface area (Å²) in [6.07, 6.45) is 0. The van der Waals surface area contributed by atoms with Crippen LogP contribution in [0.15, 0.2) is 30.3 Å². The Hall–Kier alpha value is -1.35. The van der Waals surface area contributed by atoms with Gasteiger partial charge in [-0.15, -0.1) is 0 Å². The number of hydrogen-bond acceptors (Lipinski definition) is 2. The molecule has 0 bridgehead atoms. The van der Waals surface area contributed by atoms with E-state index in [-0.39, 0.29) is 17.9 Å². The maximum atomic E-state index is 11.9. The van der Waals surface area contributed by atoms with Crippen LogP contribution in [-0.2, 0) is 4.79 Å². The maximum absolute atomic E-state index is 11.9. The zero-order valence-electron chi connectivity index (χ0n) is 11.7. The van der Waals surface area contributed by atoms with Crippen LogP contribution in [0.2, 0.25) is 0 Å². The molecule has 0 aliphatic carbocycles. The number of hydrogen-bond donors (Lipinski definition) is 2. The van der Waals surface area contributed by atoms with Gasteiger partial charge in [0.2, 0.25) is 5.91 Å². The van der Waals surface area contributed by atoms with Gasteiger partial charge in [0.1, 0.15) is 0 Å². The van der Waals surface area contributed by atoms with Gasteiger partial charge in [-0.2, -0.15) is 0 Å². The zero-order valence-corrected chi connectivity index (χ0v) is 11.7. The molecule has 0 radical (unpaired) electrons. The summed E-state index contributed by atoms with van der Waals surface area (Å²) in [5, 5.41) is 6.11. The second-order valence-electron chi connectivity index (χ2n) is 4.96. The van der Waals surface area contributed by atoms with Gasteiger partial charge in [0.25, 0.3) is 0 Å². The fourth-order valence-electron chi connectivity index (χ4n) is 1.94. The van der Waals surface area contributed by atoms with Gasteiger partial charge >= 0.3 is 0 Å². The van der Waals surface area contributed by atoms with Crippen molar-refractivity contribution in [2.24, 2.45) is 5.92 Å². The summed E-state index contributed by atoms with van der Waals surface area (Å²) in [7, 11) is 1.86. The third-order valence-corrected chi connectivity index (χ3v) is 3.40. The fourth-order valence-corrected chi connectivity index (χ4v) is 1.94. The van der Waals surface area contributed by atoms with Crippen molar-refractivity contribution >= 4 is 5.91 Å². The number of rotatable bonds is 6. The number of amides is 1. The first-order valence-electron chi connectivity index (χ1n) is 6.56. The van der Waals surface area contributed by atoms with Crippen LogP contribution in [0.4, 0.5) is 0 Å². The summed E-state index contributed by atoms with van der Waals surface area (Å²) in [5.74, 6) is 0.428. The second kappa shape index (κ2) is 7.17. The molecule has 1 aromatic rings. The van der Waals surface area contributed by atoms with Crippen molar-refractivity contribution in [3.05, 3.63) is 35.9 Å². The van der Waals surface area contributed by atoms with Crippen LogP contribution >= 0.6 is 0 Å². The number of benzene rings is 1. The Bertz CT molecular complexity index is 364. The van der Waals surface area contributed by atoms with Gasteiger partial charge in [-0.05, 0) is 19.5 Å². The lowest BCUT2D eigenvalue weighted by molar-refractivity contribution is -0.125. The summed E-state index contributed by atoms with van der Waals surface area (Å²) in [6, 6.07) is 10.4. The predicted molar refractivity (Wildman–Crippen MR) is 75.6 cm³/mol. The Morgan fingerprint density at radius 3 is 2.33 bits per heavy atom. The standard InChI is InChI=1S/C15H24N2O/c1-11(10-16-4)15(18)17-13(3)12(2)14-8-6-5-7-9-14/h5-9,11-13,16H,10H2,1-4H3,(H,17,18). The van der Waals surface area contributed by atoms with Crippen LogP contribution in [-0.4, -0.2) is 25.5 Å². The van der Waals surface area contributed by atoms with Crippen molar-refractivity contribution in [3.63, 3.8) is 0 Å². The van der Waals surface area contributed by atoms with Crippen LogP contribution in [0.5, 0.6) is 0 Å². The number of carbonyl (C=O) groups excluding carboxylic acids is 1. The molecule has 1 rings (SSSR count). The second-order valence-corrected chi connectivity index (χ2v) is 4.96. The van der Waals surface area contributed by atoms with Gasteiger partial charge in [0, 0.05) is 24.4 Å². The zero-order chi connectivity index (χ0) is 13.5. The van der Waals surface area contributed by atoms with E-state index < -0.39 is 0 Å². The van der Waals surface area contributed by atoms with E-state index in [9.17, 15) is 4.79 Å². The van der Waals surface area contributed by atoms with Crippen LogP contribution in [0.3, 0.4) is 0 Å². The molecule has 0 spiro atoms. The molecule has 18 heavy (non-hydrogen) atoms. The molecule has 100 valence electrons. The van der Waals surface area contributed by atoms with E-state index in [4.69, 9.17) is 0 Å². The van der Waals surface area contributed by atoms with E-state index in [0.29, 0.717) is 12.5 Å². The quantitative estimate of drug-likeness (QED) is 0.810. The first-order valence-corrected chi connectivity index (χ1v) is 6.56. The van der Waals surface area contributed by atoms with Crippen molar-refractivity contribution in [1.82, 2.24) is 10.6 Å². The summed E-state index contributed by atoms with van der Waals surface area (Å²) < 4.78 is 0. The average molecular weight is 248 g/mol. The van der Waals surface area contributed by atoms with Gasteiger partial charge < -0.3 is 10.6 Å². The predicted octanol–water partition coefficient (Wildman–Crippen LogP) is 2.15. The Kier molecular flexibility index (Phi) is 5.86. The van der Waals surface area contributed by atoms with Gasteiger partial charge in [0.05, 0.1) is 0 Å². The van der Waals surface area contributed by atoms with Gasteiger partial charge in [0.15, 0.2) is 0 Å². The van der Waals surface area contributed by atoms with Crippen LogP contribution < -0.4 is 10.6 Å². The minimum Gasteiger partial charge on any atom is -0.353 e. The molecule has 0 saturated carbocycles. The van der Waals surface area contributed by atoms with Crippen molar-refractivity contribution < 1.29 is 4.79 Å². The number of nitrogens with one attached hydrogen (secondary N) is 2. The Morgan fingerprint density at radius 2 is 1.78 bits per heavy atom. The van der Waals surface area contributed by atoms with Crippen molar-refractivity contribution in [2.75, 3.05) is 13.6 Å². The summed E-state index contributed by atoms with van der Waals surface area (Å²) in [4.78, 5) is 11.9. The Balaban J connectivity index is 2.55. The molecule has 0 saturated heterocycles. The van der Waals surface area contributed by atoms with E-state index in [1.54, 1.807) is 0 Å². The highest BCUT2D eigenvalue weighted by Crippen LogP contribution is 2.18. The first kappa shape index (κ1) is 14.7. The molecule has 0 aliphatic rings. The lowest BCUT2D eigenvalue weighted by Crippen LogP contribution is -2.41. The third kappa shape index (κ3) is 4.15. The highest BCUT2D eigenvalue weighted by Gasteiger charge is 2.19. The van der Waals surface area contributed by atoms with E-state index in [1.165, 1.54) is 5.56 Å². The molecule has 3 nitrogen and oxygen atoms in total. The van der Waals surface area contributed by atoms with E-state index >= 15 is 0 Å². The molecule has 0 heterocycles. The number of carbonyl (C=O) groups is 1. The molecule has 0 aromatic heterocycles. The SMILES string of the molecule is CNCC(C)C(=O)NC(C)C(C)c1ccccc1. The van der Waals surface area contributed by atoms with Crippen molar-refractivity contribution in [3.8, 4) is 0 Å². The minimum absolute atomic E-state index is 0.000392. The molecule has 0 aliphatic heterocycles. The lowest BCUT2D eigenvalue weighted by Gasteiger charge is -2.23. The highest BCUT2D eigenvalue weighted by atomic mass is 16.1. The lowest BCUT2D eigenvalue weighted by atomic mass is 9.94. The molecule has 1 aromatic carbocycles. The summed E-state index contributed by atoms with van der Waals surface area (Å²) in [6.45, 7) is 6.84. The van der Waals surface area contributed by atoms with Gasteiger partial charge in [-0.25, -0.2) is 0 Å². The van der Waals surface area contributed by atoms with E-state index in [0.717, 1.165) is 0 Å². The molecule has 3 heteroatoms. The van der Waals surface area contributed by atoms with Crippen molar-refractivity contribution in [1.29, 1.82) is 0 Å². The topological polar surface area (TPSA) is 41.1 Å². The van der Waals surface area contributed by atoms with Crippen LogP contribution in [0.1, 0.15) is 32.3 Å². The minimum atomic E-state index is 0.000392. The monoisotopic (exact) mass is 248 g/mol. The maximum Gasteiger partial charge on any atom is 0.224 e. The average Bonchev–Trinajstić information content (AvgIpc) is 2.39. The summed E-state index contributed by atoms with van der Waals surface area (Å²) >= 11 is 0. The molecular formula is C15H24N2O. The first-order chi connectivity index (χ1) is 8.56. The fraction of sp³-hybridized carbons (Fsp3) is 0.533. The van der Waals surface area contributed by atoms with Gasteiger partial charge in [-0.1, -0.05) is 44.2 Å².